The summed E-state index contributed by atoms with van der Waals surface area (Å²) in [7, 11) is -3.92. The summed E-state index contributed by atoms with van der Waals surface area (Å²) in [5.74, 6) is 0. The van der Waals surface area contributed by atoms with Crippen LogP contribution >= 0.6 is 0 Å². The van der Waals surface area contributed by atoms with Gasteiger partial charge in [0.15, 0.2) is 0 Å². The monoisotopic (exact) mass is 416 g/mol. The van der Waals surface area contributed by atoms with Crippen molar-refractivity contribution in [3.63, 3.8) is 0 Å². The van der Waals surface area contributed by atoms with Crippen LogP contribution in [0.5, 0.6) is 0 Å². The number of carbonyl (C=O) groups is 1. The molecular formula is C18H16N4O6S. The van der Waals surface area contributed by atoms with Crippen molar-refractivity contribution in [3.05, 3.63) is 68.9 Å². The minimum Gasteiger partial charge on any atom is -0.447 e. The number of rotatable bonds is 5. The Hall–Kier alpha value is -3.44. The Morgan fingerprint density at radius 3 is 2.66 bits per heavy atom. The second kappa shape index (κ2) is 7.18. The predicted molar refractivity (Wildman–Crippen MR) is 104 cm³/mol. The number of cyclic esters (lactones) is 1. The van der Waals surface area contributed by atoms with Gasteiger partial charge in [0.25, 0.3) is 5.56 Å². The number of nitrogens with one attached hydrogen (secondary N) is 3. The molecule has 29 heavy (non-hydrogen) atoms. The first-order chi connectivity index (χ1) is 13.8. The molecule has 4 rings (SSSR count). The Balaban J connectivity index is 1.57. The van der Waals surface area contributed by atoms with Gasteiger partial charge in [-0.25, -0.2) is 22.7 Å². The van der Waals surface area contributed by atoms with Crippen molar-refractivity contribution in [1.82, 2.24) is 14.7 Å². The molecule has 1 saturated heterocycles. The highest BCUT2D eigenvalue weighted by molar-refractivity contribution is 7.89. The molecule has 10 nitrogen and oxygen atoms in total. The van der Waals surface area contributed by atoms with E-state index in [0.29, 0.717) is 24.4 Å². The van der Waals surface area contributed by atoms with Gasteiger partial charge < -0.3 is 9.72 Å². The smallest absolute Gasteiger partial charge is 0.414 e. The second-order valence-electron chi connectivity index (χ2n) is 6.38. The van der Waals surface area contributed by atoms with Gasteiger partial charge in [-0.2, -0.15) is 0 Å². The summed E-state index contributed by atoms with van der Waals surface area (Å²) in [6.07, 6.45) is -0.442. The van der Waals surface area contributed by atoms with Crippen LogP contribution in [-0.4, -0.2) is 37.6 Å². The fourth-order valence-corrected chi connectivity index (χ4v) is 4.08. The van der Waals surface area contributed by atoms with Gasteiger partial charge in [-0.15, -0.1) is 0 Å². The Kier molecular flexibility index (Phi) is 4.68. The van der Waals surface area contributed by atoms with Crippen LogP contribution in [0.1, 0.15) is 5.56 Å². The molecule has 1 aliphatic rings. The summed E-state index contributed by atoms with van der Waals surface area (Å²) in [5, 5.41) is 0.0574. The highest BCUT2D eigenvalue weighted by Gasteiger charge is 2.23. The fourth-order valence-electron chi connectivity index (χ4n) is 3.04. The molecule has 1 amide bonds. The summed E-state index contributed by atoms with van der Waals surface area (Å²) < 4.78 is 32.7. The third kappa shape index (κ3) is 3.77. The molecule has 11 heteroatoms. The van der Waals surface area contributed by atoms with Gasteiger partial charge in [-0.3, -0.25) is 14.7 Å². The first-order valence-electron chi connectivity index (χ1n) is 8.63. The first-order valence-corrected chi connectivity index (χ1v) is 10.1. The van der Waals surface area contributed by atoms with Gasteiger partial charge in [0.05, 0.1) is 22.3 Å². The number of H-pyrrole nitrogens is 2. The number of aromatic amines is 2. The van der Waals surface area contributed by atoms with Gasteiger partial charge in [-0.1, -0.05) is 12.1 Å². The largest absolute Gasteiger partial charge is 0.447 e. The number of benzene rings is 2. The number of hydrogen-bond donors (Lipinski definition) is 3. The van der Waals surface area contributed by atoms with E-state index in [-0.39, 0.29) is 22.3 Å². The molecule has 3 N–H and O–H groups in total. The number of hydrogen-bond acceptors (Lipinski definition) is 6. The Morgan fingerprint density at radius 2 is 1.90 bits per heavy atom. The molecule has 150 valence electrons. The van der Waals surface area contributed by atoms with Crippen molar-refractivity contribution in [1.29, 1.82) is 0 Å². The summed E-state index contributed by atoms with van der Waals surface area (Å²) in [5.41, 5.74) is 0.158. The normalized spacial score (nSPS) is 14.3. The zero-order valence-electron chi connectivity index (χ0n) is 15.0. The molecule has 1 aromatic heterocycles. The average Bonchev–Trinajstić information content (AvgIpc) is 3.12. The lowest BCUT2D eigenvalue weighted by molar-refractivity contribution is 0.181. The van der Waals surface area contributed by atoms with Crippen LogP contribution in [0.4, 0.5) is 10.5 Å². The maximum Gasteiger partial charge on any atom is 0.414 e. The zero-order chi connectivity index (χ0) is 20.6. The fraction of sp³-hybridized carbons (Fsp3) is 0.167. The molecule has 0 bridgehead atoms. The minimum absolute atomic E-state index is 0.0148. The minimum atomic E-state index is -3.92. The number of anilines is 1. The van der Waals surface area contributed by atoms with E-state index in [4.69, 9.17) is 4.74 Å². The van der Waals surface area contributed by atoms with Crippen molar-refractivity contribution in [2.24, 2.45) is 0 Å². The van der Waals surface area contributed by atoms with Gasteiger partial charge in [0, 0.05) is 12.2 Å². The SMILES string of the molecule is O=C1OCCN1c1cccc(CNS(=O)(=O)c2ccc3[nH]c(=O)[nH]c(=O)c3c2)c1. The lowest BCUT2D eigenvalue weighted by Crippen LogP contribution is -2.25. The molecule has 3 aromatic rings. The lowest BCUT2D eigenvalue weighted by Gasteiger charge is -2.14. The molecule has 0 radical (unpaired) electrons. The third-order valence-corrected chi connectivity index (χ3v) is 5.87. The molecule has 1 aliphatic heterocycles. The summed E-state index contributed by atoms with van der Waals surface area (Å²) >= 11 is 0. The van der Waals surface area contributed by atoms with Crippen molar-refractivity contribution in [2.75, 3.05) is 18.1 Å². The molecular weight excluding hydrogens is 400 g/mol. The molecule has 2 heterocycles. The highest BCUT2D eigenvalue weighted by atomic mass is 32.2. The number of ether oxygens (including phenoxy) is 1. The summed E-state index contributed by atoms with van der Waals surface area (Å²) in [6, 6.07) is 10.7. The van der Waals surface area contributed by atoms with E-state index in [9.17, 15) is 22.8 Å². The number of fused-ring (bicyclic) bond motifs is 1. The summed E-state index contributed by atoms with van der Waals surface area (Å²) in [6.45, 7) is 0.725. The van der Waals surface area contributed by atoms with Gasteiger partial charge in [0.2, 0.25) is 10.0 Å². The zero-order valence-corrected chi connectivity index (χ0v) is 15.8. The standard InChI is InChI=1S/C18H16N4O6S/c23-16-14-9-13(4-5-15(14)20-17(24)21-16)29(26,27)19-10-11-2-1-3-12(8-11)22-6-7-28-18(22)25/h1-5,8-9,19H,6-7,10H2,(H2,20,21,23,24). The highest BCUT2D eigenvalue weighted by Crippen LogP contribution is 2.20. The summed E-state index contributed by atoms with van der Waals surface area (Å²) in [4.78, 5) is 40.8. The van der Waals surface area contributed by atoms with E-state index in [1.54, 1.807) is 24.3 Å². The Bertz CT molecular complexity index is 1330. The molecule has 0 unspecified atom stereocenters. The number of carbonyl (C=O) groups excluding carboxylic acids is 1. The van der Waals surface area contributed by atoms with Crippen molar-refractivity contribution in [2.45, 2.75) is 11.4 Å². The van der Waals surface area contributed by atoms with Gasteiger partial charge in [-0.05, 0) is 35.9 Å². The molecule has 0 saturated carbocycles. The van der Waals surface area contributed by atoms with Crippen molar-refractivity contribution >= 4 is 32.7 Å². The van der Waals surface area contributed by atoms with Crippen molar-refractivity contribution in [3.8, 4) is 0 Å². The van der Waals surface area contributed by atoms with E-state index in [0.717, 1.165) is 0 Å². The maximum absolute atomic E-state index is 12.6. The predicted octanol–water partition coefficient (Wildman–Crippen LogP) is 0.651. The quantitative estimate of drug-likeness (QED) is 0.558. The van der Waals surface area contributed by atoms with Crippen LogP contribution in [0, 0.1) is 0 Å². The molecule has 0 atom stereocenters. The molecule has 0 spiro atoms. The maximum atomic E-state index is 12.6. The number of sulfonamides is 1. The van der Waals surface area contributed by atoms with E-state index < -0.39 is 27.4 Å². The Labute approximate surface area is 164 Å². The Morgan fingerprint density at radius 1 is 1.07 bits per heavy atom. The third-order valence-electron chi connectivity index (χ3n) is 4.47. The van der Waals surface area contributed by atoms with Gasteiger partial charge in [0.1, 0.15) is 6.61 Å². The number of nitrogens with zero attached hydrogens (tertiary/aromatic N) is 1. The van der Waals surface area contributed by atoms with E-state index in [1.165, 1.54) is 23.1 Å². The van der Waals surface area contributed by atoms with Crippen LogP contribution in [-0.2, 0) is 21.3 Å². The van der Waals surface area contributed by atoms with Crippen LogP contribution in [0.15, 0.2) is 56.9 Å². The van der Waals surface area contributed by atoms with Crippen LogP contribution < -0.4 is 20.9 Å². The second-order valence-corrected chi connectivity index (χ2v) is 8.14. The topological polar surface area (TPSA) is 141 Å². The molecule has 2 aromatic carbocycles. The van der Waals surface area contributed by atoms with Crippen LogP contribution in [0.25, 0.3) is 10.9 Å². The lowest BCUT2D eigenvalue weighted by atomic mass is 10.2. The van der Waals surface area contributed by atoms with E-state index in [2.05, 4.69) is 14.7 Å². The average molecular weight is 416 g/mol. The van der Waals surface area contributed by atoms with E-state index in [1.807, 2.05) is 0 Å². The van der Waals surface area contributed by atoms with Gasteiger partial charge >= 0.3 is 11.8 Å². The van der Waals surface area contributed by atoms with E-state index >= 15 is 0 Å². The first kappa shape index (κ1) is 18.9. The number of amides is 1. The van der Waals surface area contributed by atoms with Crippen LogP contribution in [0.3, 0.4) is 0 Å². The van der Waals surface area contributed by atoms with Crippen LogP contribution in [0.2, 0.25) is 0 Å². The number of aromatic nitrogens is 2. The molecule has 1 fully saturated rings. The van der Waals surface area contributed by atoms with Crippen molar-refractivity contribution < 1.29 is 17.9 Å². The molecule has 0 aliphatic carbocycles.